The Morgan fingerprint density at radius 2 is 1.54 bits per heavy atom. The van der Waals surface area contributed by atoms with Crippen molar-refractivity contribution in [3.05, 3.63) is 11.8 Å². The van der Waals surface area contributed by atoms with Gasteiger partial charge in [0.1, 0.15) is 11.7 Å². The third-order valence-corrected chi connectivity index (χ3v) is 6.19. The number of amides is 2. The Balaban J connectivity index is 3.09. The Labute approximate surface area is 171 Å². The average molecular weight is 459 g/mol. The molecule has 24 heavy (non-hydrogen) atoms. The maximum absolute atomic E-state index is 12.6. The second-order valence-electron chi connectivity index (χ2n) is 5.89. The number of carbonyl (C=O) groups excluding carboxylic acids is 2. The number of halogens is 6. The van der Waals surface area contributed by atoms with Crippen LogP contribution in [0.1, 0.15) is 20.3 Å². The van der Waals surface area contributed by atoms with Gasteiger partial charge < -0.3 is 9.80 Å². The molecular formula is C14H18Cl6N2O2. The molecule has 0 bridgehead atoms. The van der Waals surface area contributed by atoms with Crippen LogP contribution in [-0.4, -0.2) is 49.3 Å². The highest BCUT2D eigenvalue weighted by Crippen LogP contribution is 2.39. The normalized spacial score (nSPS) is 24.6. The van der Waals surface area contributed by atoms with E-state index in [2.05, 4.69) is 0 Å². The molecule has 1 unspecified atom stereocenters. The SMILES string of the molecule is C[C@@H](/C=C1\C(=O)N(C)C(C[C@H](C)C(Cl)(Cl)Cl)C(=O)N1C)C(Cl)(Cl)Cl. The molecule has 1 saturated heterocycles. The van der Waals surface area contributed by atoms with E-state index in [0.717, 1.165) is 0 Å². The molecule has 0 aromatic carbocycles. The molecule has 0 N–H and O–H groups in total. The Morgan fingerprint density at radius 1 is 1.04 bits per heavy atom. The van der Waals surface area contributed by atoms with Gasteiger partial charge in [-0.05, 0) is 12.5 Å². The van der Waals surface area contributed by atoms with Crippen molar-refractivity contribution < 1.29 is 9.59 Å². The summed E-state index contributed by atoms with van der Waals surface area (Å²) in [4.78, 5) is 27.8. The zero-order valence-electron chi connectivity index (χ0n) is 13.5. The molecule has 138 valence electrons. The fraction of sp³-hybridized carbons (Fsp3) is 0.714. The number of hydrogen-bond donors (Lipinski definition) is 0. The molecular weight excluding hydrogens is 441 g/mol. The number of nitrogens with zero attached hydrogens (tertiary/aromatic N) is 2. The third kappa shape index (κ3) is 5.21. The Morgan fingerprint density at radius 3 is 1.96 bits per heavy atom. The van der Waals surface area contributed by atoms with Crippen LogP contribution in [-0.2, 0) is 9.59 Å². The molecule has 2 amide bonds. The first kappa shape index (κ1) is 22.5. The van der Waals surface area contributed by atoms with Crippen molar-refractivity contribution in [3.8, 4) is 0 Å². The zero-order valence-corrected chi connectivity index (χ0v) is 18.0. The molecule has 1 fully saturated rings. The highest BCUT2D eigenvalue weighted by molar-refractivity contribution is 6.68. The van der Waals surface area contributed by atoms with Crippen molar-refractivity contribution in [3.63, 3.8) is 0 Å². The Bertz CT molecular complexity index is 540. The molecule has 1 aliphatic heterocycles. The van der Waals surface area contributed by atoms with Crippen LogP contribution in [0, 0.1) is 11.8 Å². The fourth-order valence-electron chi connectivity index (χ4n) is 2.22. The van der Waals surface area contributed by atoms with Crippen molar-refractivity contribution >= 4 is 81.4 Å². The fourth-order valence-corrected chi connectivity index (χ4v) is 2.67. The van der Waals surface area contributed by atoms with E-state index in [1.54, 1.807) is 13.8 Å². The minimum atomic E-state index is -1.59. The summed E-state index contributed by atoms with van der Waals surface area (Å²) in [5, 5.41) is 0. The van der Waals surface area contributed by atoms with E-state index in [-0.39, 0.29) is 23.9 Å². The van der Waals surface area contributed by atoms with Crippen LogP contribution in [0.15, 0.2) is 11.8 Å². The van der Waals surface area contributed by atoms with Crippen molar-refractivity contribution in [1.29, 1.82) is 0 Å². The highest BCUT2D eigenvalue weighted by atomic mass is 35.6. The van der Waals surface area contributed by atoms with Gasteiger partial charge in [-0.15, -0.1) is 0 Å². The molecule has 0 aliphatic carbocycles. The first-order chi connectivity index (χ1) is 10.7. The van der Waals surface area contributed by atoms with E-state index in [1.807, 2.05) is 0 Å². The molecule has 10 heteroatoms. The van der Waals surface area contributed by atoms with Gasteiger partial charge in [-0.1, -0.05) is 83.5 Å². The minimum absolute atomic E-state index is 0.152. The Hall–Kier alpha value is 0.420. The van der Waals surface area contributed by atoms with Crippen molar-refractivity contribution in [2.75, 3.05) is 14.1 Å². The van der Waals surface area contributed by atoms with Gasteiger partial charge in [0.25, 0.3) is 5.91 Å². The standard InChI is InChI=1S/C14H18Cl6N2O2/c1-7(13(15,16)17)5-9-11(23)22(4)10(12(24)21(9)3)6-8(2)14(18,19)20/h5,7-8,10H,6H2,1-4H3/b9-5+/t7-,8-,10?/m0/s1. The lowest BCUT2D eigenvalue weighted by molar-refractivity contribution is -0.149. The van der Waals surface area contributed by atoms with Crippen LogP contribution in [0.4, 0.5) is 0 Å². The number of carbonyl (C=O) groups is 2. The predicted molar refractivity (Wildman–Crippen MR) is 101 cm³/mol. The number of rotatable bonds is 3. The smallest absolute Gasteiger partial charge is 0.270 e. The quantitative estimate of drug-likeness (QED) is 0.459. The molecule has 1 rings (SSSR count). The first-order valence-electron chi connectivity index (χ1n) is 7.07. The van der Waals surface area contributed by atoms with Crippen molar-refractivity contribution in [2.24, 2.45) is 11.8 Å². The van der Waals surface area contributed by atoms with E-state index in [4.69, 9.17) is 69.6 Å². The first-order valence-corrected chi connectivity index (χ1v) is 9.34. The molecule has 0 saturated carbocycles. The summed E-state index contributed by atoms with van der Waals surface area (Å²) in [5.74, 6) is -1.65. The predicted octanol–water partition coefficient (Wildman–Crippen LogP) is 4.57. The molecule has 0 spiro atoms. The summed E-state index contributed by atoms with van der Waals surface area (Å²) in [6.07, 6.45) is 1.69. The molecule has 0 aromatic heterocycles. The van der Waals surface area contributed by atoms with Gasteiger partial charge in [-0.25, -0.2) is 0 Å². The second kappa shape index (κ2) is 7.98. The maximum Gasteiger partial charge on any atom is 0.270 e. The van der Waals surface area contributed by atoms with Gasteiger partial charge in [0.2, 0.25) is 5.91 Å². The average Bonchev–Trinajstić information content (AvgIpc) is 2.43. The van der Waals surface area contributed by atoms with Crippen LogP contribution < -0.4 is 0 Å². The van der Waals surface area contributed by atoms with Crippen LogP contribution in [0.3, 0.4) is 0 Å². The summed E-state index contributed by atoms with van der Waals surface area (Å²) >= 11 is 35.1. The lowest BCUT2D eigenvalue weighted by atomic mass is 9.97. The lowest BCUT2D eigenvalue weighted by Gasteiger charge is -2.40. The van der Waals surface area contributed by atoms with Crippen LogP contribution in [0.2, 0.25) is 0 Å². The van der Waals surface area contributed by atoms with E-state index in [9.17, 15) is 9.59 Å². The van der Waals surface area contributed by atoms with Gasteiger partial charge in [-0.3, -0.25) is 9.59 Å². The largest absolute Gasteiger partial charge is 0.328 e. The number of piperazine rings is 1. The molecule has 4 nitrogen and oxygen atoms in total. The highest BCUT2D eigenvalue weighted by Gasteiger charge is 2.43. The monoisotopic (exact) mass is 456 g/mol. The van der Waals surface area contributed by atoms with Crippen molar-refractivity contribution in [1.82, 2.24) is 9.80 Å². The molecule has 1 heterocycles. The Kier molecular flexibility index (Phi) is 7.46. The van der Waals surface area contributed by atoms with Gasteiger partial charge >= 0.3 is 0 Å². The summed E-state index contributed by atoms with van der Waals surface area (Å²) in [6, 6.07) is -0.728. The maximum atomic E-state index is 12.6. The number of allylic oxidation sites excluding steroid dienone is 1. The van der Waals surface area contributed by atoms with Gasteiger partial charge in [0, 0.05) is 25.9 Å². The topological polar surface area (TPSA) is 40.6 Å². The van der Waals surface area contributed by atoms with E-state index >= 15 is 0 Å². The summed E-state index contributed by atoms with van der Waals surface area (Å²) in [6.45, 7) is 3.34. The van der Waals surface area contributed by atoms with Crippen LogP contribution >= 0.6 is 69.6 Å². The zero-order chi connectivity index (χ0) is 19.0. The molecule has 0 radical (unpaired) electrons. The van der Waals surface area contributed by atoms with Crippen molar-refractivity contribution in [2.45, 2.75) is 33.9 Å². The molecule has 3 atom stereocenters. The summed E-state index contributed by atoms with van der Waals surface area (Å²) in [7, 11) is 3.02. The minimum Gasteiger partial charge on any atom is -0.328 e. The van der Waals surface area contributed by atoms with E-state index in [1.165, 1.54) is 30.0 Å². The third-order valence-electron chi connectivity index (χ3n) is 4.04. The number of hydrogen-bond acceptors (Lipinski definition) is 2. The summed E-state index contributed by atoms with van der Waals surface area (Å²) in [5.41, 5.74) is 0.152. The van der Waals surface area contributed by atoms with E-state index in [0.29, 0.717) is 0 Å². The number of likely N-dealkylation sites (N-methyl/N-ethyl adjacent to an activating group) is 2. The van der Waals surface area contributed by atoms with Crippen LogP contribution in [0.5, 0.6) is 0 Å². The lowest BCUT2D eigenvalue weighted by Crippen LogP contribution is -2.56. The summed E-state index contributed by atoms with van der Waals surface area (Å²) < 4.78 is -3.11. The molecule has 0 aromatic rings. The molecule has 1 aliphatic rings. The van der Waals surface area contributed by atoms with Gasteiger partial charge in [-0.2, -0.15) is 0 Å². The van der Waals surface area contributed by atoms with Crippen LogP contribution in [0.25, 0.3) is 0 Å². The second-order valence-corrected chi connectivity index (χ2v) is 10.6. The van der Waals surface area contributed by atoms with E-state index < -0.39 is 25.5 Å². The van der Waals surface area contributed by atoms with Gasteiger partial charge in [0.05, 0.1) is 0 Å². The van der Waals surface area contributed by atoms with Gasteiger partial charge in [0.15, 0.2) is 7.59 Å². The number of alkyl halides is 6.